The number of rotatable bonds is 5. The van der Waals surface area contributed by atoms with Gasteiger partial charge in [-0.05, 0) is 47.9 Å². The van der Waals surface area contributed by atoms with Crippen molar-refractivity contribution in [1.29, 1.82) is 0 Å². The number of carbonyl (C=O) groups excluding carboxylic acids is 1. The molecule has 0 bridgehead atoms. The molecule has 2 fully saturated rings. The molecule has 2 saturated heterocycles. The average molecular weight is 452 g/mol. The number of carbonyl (C=O) groups is 1. The second-order valence-corrected chi connectivity index (χ2v) is 10.4. The summed E-state index contributed by atoms with van der Waals surface area (Å²) in [5.74, 6) is -1.15. The molecule has 2 heterocycles. The molecular weight excluding hydrogens is 426 g/mol. The van der Waals surface area contributed by atoms with Crippen molar-refractivity contribution in [2.45, 2.75) is 23.8 Å². The molecule has 0 spiro atoms. The number of hydrogen-bond donors (Lipinski definition) is 1. The van der Waals surface area contributed by atoms with E-state index in [1.54, 1.807) is 35.2 Å². The first-order valence-corrected chi connectivity index (χ1v) is 12.3. The van der Waals surface area contributed by atoms with Gasteiger partial charge in [-0.2, -0.15) is 0 Å². The molecule has 1 N–H and O–H groups in total. The van der Waals surface area contributed by atoms with Crippen LogP contribution < -0.4 is 0 Å². The van der Waals surface area contributed by atoms with Gasteiger partial charge in [-0.1, -0.05) is 23.7 Å². The third-order valence-electron chi connectivity index (χ3n) is 5.85. The van der Waals surface area contributed by atoms with Gasteiger partial charge in [0.05, 0.1) is 10.6 Å². The lowest BCUT2D eigenvalue weighted by Crippen LogP contribution is -2.56. The lowest BCUT2D eigenvalue weighted by molar-refractivity contribution is -0.144. The number of aliphatic hydroxyl groups excluding tert-OH is 1. The van der Waals surface area contributed by atoms with Gasteiger partial charge >= 0.3 is 0 Å². The van der Waals surface area contributed by atoms with Crippen LogP contribution in [0.2, 0.25) is 5.02 Å². The summed E-state index contributed by atoms with van der Waals surface area (Å²) in [4.78, 5) is 14.3. The summed E-state index contributed by atoms with van der Waals surface area (Å²) in [6.07, 6.45) is 0.809. The zero-order valence-corrected chi connectivity index (χ0v) is 18.3. The zero-order chi connectivity index (χ0) is 21.3. The van der Waals surface area contributed by atoms with Crippen molar-refractivity contribution in [1.82, 2.24) is 14.9 Å². The van der Waals surface area contributed by atoms with Crippen molar-refractivity contribution < 1.29 is 18.3 Å². The van der Waals surface area contributed by atoms with E-state index in [0.29, 0.717) is 31.2 Å². The van der Waals surface area contributed by atoms with Gasteiger partial charge in [-0.25, -0.2) is 18.4 Å². The lowest BCUT2D eigenvalue weighted by Gasteiger charge is -2.39. The molecule has 30 heavy (non-hydrogen) atoms. The molecule has 0 aromatic heterocycles. The summed E-state index contributed by atoms with van der Waals surface area (Å²) in [5.41, 5.74) is 0. The Labute approximate surface area is 181 Å². The van der Waals surface area contributed by atoms with Gasteiger partial charge in [0.15, 0.2) is 9.84 Å². The maximum Gasteiger partial charge on any atom is 0.252 e. The highest BCUT2D eigenvalue weighted by Crippen LogP contribution is 2.24. The number of amides is 1. The molecule has 1 atom stereocenters. The SMILES string of the molecule is O=C([C@H](O)CS(=O)(=O)c1ccc2cc(Cl)ccc2c1)N1CCN(N2CCCC2)CC1. The summed E-state index contributed by atoms with van der Waals surface area (Å²) in [6.45, 7) is 4.49. The van der Waals surface area contributed by atoms with Crippen molar-refractivity contribution in [3.63, 3.8) is 0 Å². The molecule has 9 heteroatoms. The quantitative estimate of drug-likeness (QED) is 0.746. The van der Waals surface area contributed by atoms with Crippen LogP contribution in [0, 0.1) is 0 Å². The van der Waals surface area contributed by atoms with Crippen LogP contribution in [0.3, 0.4) is 0 Å². The Bertz CT molecular complexity index is 1030. The van der Waals surface area contributed by atoms with Crippen molar-refractivity contribution in [2.75, 3.05) is 45.0 Å². The van der Waals surface area contributed by atoms with Crippen LogP contribution in [0.25, 0.3) is 10.8 Å². The minimum Gasteiger partial charge on any atom is -0.382 e. The van der Waals surface area contributed by atoms with E-state index in [0.717, 1.165) is 23.9 Å². The number of piperazine rings is 1. The van der Waals surface area contributed by atoms with Gasteiger partial charge < -0.3 is 10.0 Å². The average Bonchev–Trinajstić information content (AvgIpc) is 3.27. The van der Waals surface area contributed by atoms with Crippen molar-refractivity contribution in [2.24, 2.45) is 0 Å². The van der Waals surface area contributed by atoms with Gasteiger partial charge in [0.1, 0.15) is 6.10 Å². The van der Waals surface area contributed by atoms with Crippen molar-refractivity contribution >= 4 is 38.1 Å². The van der Waals surface area contributed by atoms with Crippen LogP contribution in [-0.4, -0.2) is 85.5 Å². The maximum atomic E-state index is 12.8. The number of benzene rings is 2. The van der Waals surface area contributed by atoms with E-state index in [4.69, 9.17) is 11.6 Å². The number of halogens is 1. The Kier molecular flexibility index (Phi) is 6.31. The highest BCUT2D eigenvalue weighted by atomic mass is 35.5. The monoisotopic (exact) mass is 451 g/mol. The summed E-state index contributed by atoms with van der Waals surface area (Å²) < 4.78 is 25.6. The molecule has 0 saturated carbocycles. The normalized spacial score (nSPS) is 20.0. The van der Waals surface area contributed by atoms with E-state index >= 15 is 0 Å². The molecule has 2 aliphatic rings. The van der Waals surface area contributed by atoms with Gasteiger partial charge in [0.25, 0.3) is 5.91 Å². The van der Waals surface area contributed by atoms with Crippen LogP contribution in [0.4, 0.5) is 0 Å². The van der Waals surface area contributed by atoms with E-state index < -0.39 is 27.6 Å². The fourth-order valence-electron chi connectivity index (χ4n) is 4.16. The smallest absolute Gasteiger partial charge is 0.252 e. The van der Waals surface area contributed by atoms with Crippen LogP contribution in [0.15, 0.2) is 41.3 Å². The third-order valence-corrected chi connectivity index (χ3v) is 7.81. The summed E-state index contributed by atoms with van der Waals surface area (Å²) in [5, 5.41) is 17.1. The fraction of sp³-hybridized carbons (Fsp3) is 0.476. The molecule has 162 valence electrons. The first-order valence-electron chi connectivity index (χ1n) is 10.2. The molecule has 0 unspecified atom stereocenters. The molecule has 2 aromatic rings. The first-order chi connectivity index (χ1) is 14.3. The van der Waals surface area contributed by atoms with Crippen molar-refractivity contribution in [3.8, 4) is 0 Å². The third kappa shape index (κ3) is 4.63. The highest BCUT2D eigenvalue weighted by molar-refractivity contribution is 7.91. The van der Waals surface area contributed by atoms with Gasteiger partial charge in [0.2, 0.25) is 0 Å². The van der Waals surface area contributed by atoms with Crippen LogP contribution in [0.1, 0.15) is 12.8 Å². The number of hydrazine groups is 1. The minimum absolute atomic E-state index is 0.0861. The van der Waals surface area contributed by atoms with E-state index in [-0.39, 0.29) is 4.90 Å². The Morgan fingerprint density at radius 3 is 2.23 bits per heavy atom. The Morgan fingerprint density at radius 2 is 1.53 bits per heavy atom. The molecule has 4 rings (SSSR count). The number of sulfone groups is 1. The molecule has 7 nitrogen and oxygen atoms in total. The fourth-order valence-corrected chi connectivity index (χ4v) is 5.67. The number of aliphatic hydroxyl groups is 1. The molecule has 2 aromatic carbocycles. The molecule has 2 aliphatic heterocycles. The van der Waals surface area contributed by atoms with Gasteiger partial charge in [0, 0.05) is 44.3 Å². The second kappa shape index (κ2) is 8.80. The highest BCUT2D eigenvalue weighted by Gasteiger charge is 2.32. The molecule has 0 radical (unpaired) electrons. The van der Waals surface area contributed by atoms with E-state index in [2.05, 4.69) is 10.0 Å². The Balaban J connectivity index is 1.39. The molecular formula is C21H26ClN3O4S. The summed E-state index contributed by atoms with van der Waals surface area (Å²) in [6, 6.07) is 9.92. The summed E-state index contributed by atoms with van der Waals surface area (Å²) in [7, 11) is -3.82. The largest absolute Gasteiger partial charge is 0.382 e. The predicted octanol–water partition coefficient (Wildman–Crippen LogP) is 1.78. The summed E-state index contributed by atoms with van der Waals surface area (Å²) >= 11 is 5.97. The van der Waals surface area contributed by atoms with Crippen LogP contribution >= 0.6 is 11.6 Å². The number of nitrogens with zero attached hydrogens (tertiary/aromatic N) is 3. The lowest BCUT2D eigenvalue weighted by atomic mass is 10.1. The Morgan fingerprint density at radius 1 is 0.933 bits per heavy atom. The second-order valence-electron chi connectivity index (χ2n) is 7.89. The van der Waals surface area contributed by atoms with E-state index in [9.17, 15) is 18.3 Å². The van der Waals surface area contributed by atoms with Crippen molar-refractivity contribution in [3.05, 3.63) is 41.4 Å². The van der Waals surface area contributed by atoms with Gasteiger partial charge in [-0.3, -0.25) is 4.79 Å². The van der Waals surface area contributed by atoms with E-state index in [1.165, 1.54) is 18.9 Å². The first kappa shape index (κ1) is 21.5. The number of hydrogen-bond acceptors (Lipinski definition) is 6. The topological polar surface area (TPSA) is 81.2 Å². The standard InChI is InChI=1S/C21H26ClN3O4S/c22-18-5-3-17-14-19(6-4-16(17)13-18)30(28,29)15-20(26)21(27)23-9-11-25(12-10-23)24-7-1-2-8-24/h3-6,13-14,20,26H,1-2,7-12,15H2/t20-/m1/s1. The molecule has 0 aliphatic carbocycles. The number of fused-ring (bicyclic) bond motifs is 1. The maximum absolute atomic E-state index is 12.8. The van der Waals surface area contributed by atoms with Gasteiger partial charge in [-0.15, -0.1) is 0 Å². The van der Waals surface area contributed by atoms with Crippen LogP contribution in [0.5, 0.6) is 0 Å². The zero-order valence-electron chi connectivity index (χ0n) is 16.7. The molecule has 1 amide bonds. The van der Waals surface area contributed by atoms with E-state index in [1.807, 2.05) is 0 Å². The Hall–Kier alpha value is -1.71. The van der Waals surface area contributed by atoms with Crippen LogP contribution in [-0.2, 0) is 14.6 Å². The predicted molar refractivity (Wildman–Crippen MR) is 116 cm³/mol. The minimum atomic E-state index is -3.82.